The zero-order valence-electron chi connectivity index (χ0n) is 64.3. The van der Waals surface area contributed by atoms with E-state index < -0.39 is 97.5 Å². The molecule has 0 amide bonds. The van der Waals surface area contributed by atoms with Gasteiger partial charge in [-0.3, -0.25) is 37.3 Å². The van der Waals surface area contributed by atoms with Gasteiger partial charge in [-0.25, -0.2) is 9.13 Å². The Kier molecular flexibility index (Phi) is 68.1. The molecule has 7 atom stereocenters. The number of phosphoric ester groups is 2. The van der Waals surface area contributed by atoms with Crippen molar-refractivity contribution in [3.8, 4) is 0 Å². The third kappa shape index (κ3) is 69.8. The predicted molar refractivity (Wildman–Crippen MR) is 400 cm³/mol. The lowest BCUT2D eigenvalue weighted by molar-refractivity contribution is -0.161. The van der Waals surface area contributed by atoms with E-state index in [0.717, 1.165) is 114 Å². The van der Waals surface area contributed by atoms with Crippen LogP contribution < -0.4 is 0 Å². The molecule has 0 spiro atoms. The third-order valence-electron chi connectivity index (χ3n) is 19.1. The fourth-order valence-electron chi connectivity index (χ4n) is 12.1. The van der Waals surface area contributed by atoms with Crippen molar-refractivity contribution < 1.29 is 80.2 Å². The molecule has 0 aromatic rings. The van der Waals surface area contributed by atoms with Gasteiger partial charge in [-0.05, 0) is 43.4 Å². The lowest BCUT2D eigenvalue weighted by Gasteiger charge is -2.21. The van der Waals surface area contributed by atoms with Crippen LogP contribution in [0.2, 0.25) is 0 Å². The van der Waals surface area contributed by atoms with Crippen LogP contribution in [-0.2, 0) is 65.4 Å². The number of unbranched alkanes of at least 4 members (excludes halogenated alkanes) is 43. The maximum atomic E-state index is 13.1. The van der Waals surface area contributed by atoms with Crippen LogP contribution in [0.5, 0.6) is 0 Å². The fourth-order valence-corrected chi connectivity index (χ4v) is 13.6. The quantitative estimate of drug-likeness (QED) is 0.0222. The highest BCUT2D eigenvalue weighted by molar-refractivity contribution is 7.47. The van der Waals surface area contributed by atoms with E-state index in [0.29, 0.717) is 25.7 Å². The Labute approximate surface area is 600 Å². The first-order valence-electron chi connectivity index (χ1n) is 40.9. The molecule has 0 saturated carbocycles. The molecule has 17 nitrogen and oxygen atoms in total. The molecule has 0 aromatic heterocycles. The number of ether oxygens (including phenoxy) is 4. The molecule has 19 heteroatoms. The number of esters is 4. The standard InChI is InChI=1S/C79H154O17P2/c1-8-11-12-13-14-15-16-17-18-19-20-21-22-23-24-25-26-27-34-39-48-55-62-78(83)95-74(66-89-76(81)60-53-46-38-33-29-28-32-37-44-51-58-71(6)9-2)68-93-97(85,86)91-64-73(80)65-92-98(87,88)94-69-75(67-90-77(82)61-54-47-42-41-45-52-59-72(7)10-3)96-79(84)63-56-49-40-35-30-31-36-43-50-57-70(4)5/h70-75,80H,8-69H2,1-7H3,(H,85,86)(H,87,88)/t71?,72?,73-,74-,75-/m1/s1. The summed E-state index contributed by atoms with van der Waals surface area (Å²) >= 11 is 0. The van der Waals surface area contributed by atoms with Crippen LogP contribution in [0.1, 0.15) is 408 Å². The second-order valence-electron chi connectivity index (χ2n) is 29.4. The summed E-state index contributed by atoms with van der Waals surface area (Å²) in [6.07, 6.45) is 57.1. The minimum absolute atomic E-state index is 0.104. The number of carbonyl (C=O) groups is 4. The maximum Gasteiger partial charge on any atom is 0.472 e. The minimum atomic E-state index is -4.96. The van der Waals surface area contributed by atoms with E-state index in [4.69, 9.17) is 37.0 Å². The Hall–Kier alpha value is -1.94. The van der Waals surface area contributed by atoms with Gasteiger partial charge in [0.1, 0.15) is 19.3 Å². The van der Waals surface area contributed by atoms with Gasteiger partial charge in [-0.2, -0.15) is 0 Å². The number of aliphatic hydroxyl groups excluding tert-OH is 1. The molecule has 0 rings (SSSR count). The van der Waals surface area contributed by atoms with Crippen LogP contribution in [0.3, 0.4) is 0 Å². The van der Waals surface area contributed by atoms with Crippen molar-refractivity contribution in [1.29, 1.82) is 0 Å². The Morgan fingerprint density at radius 2 is 0.520 bits per heavy atom. The molecule has 0 radical (unpaired) electrons. The van der Waals surface area contributed by atoms with E-state index in [1.165, 1.54) is 212 Å². The summed E-state index contributed by atoms with van der Waals surface area (Å²) in [5, 5.41) is 10.6. The molecule has 0 saturated heterocycles. The van der Waals surface area contributed by atoms with E-state index in [2.05, 4.69) is 48.5 Å². The van der Waals surface area contributed by atoms with E-state index in [-0.39, 0.29) is 25.7 Å². The molecule has 3 N–H and O–H groups in total. The van der Waals surface area contributed by atoms with E-state index in [9.17, 15) is 43.2 Å². The summed E-state index contributed by atoms with van der Waals surface area (Å²) in [6.45, 7) is 11.9. The molecule has 0 aliphatic carbocycles. The summed E-state index contributed by atoms with van der Waals surface area (Å²) in [5.74, 6) is 0.159. The number of rotatable bonds is 77. The third-order valence-corrected chi connectivity index (χ3v) is 21.0. The van der Waals surface area contributed by atoms with Gasteiger partial charge >= 0.3 is 39.5 Å². The smallest absolute Gasteiger partial charge is 0.462 e. The first-order chi connectivity index (χ1) is 47.3. The molecule has 0 aliphatic rings. The summed E-state index contributed by atoms with van der Waals surface area (Å²) in [4.78, 5) is 72.9. The summed E-state index contributed by atoms with van der Waals surface area (Å²) < 4.78 is 68.6. The molecular formula is C79H154O17P2. The molecule has 0 heterocycles. The van der Waals surface area contributed by atoms with Crippen LogP contribution >= 0.6 is 15.6 Å². The highest BCUT2D eigenvalue weighted by Crippen LogP contribution is 2.45. The molecule has 0 aliphatic heterocycles. The van der Waals surface area contributed by atoms with Crippen molar-refractivity contribution in [1.82, 2.24) is 0 Å². The Morgan fingerprint density at radius 3 is 0.776 bits per heavy atom. The zero-order chi connectivity index (χ0) is 72.3. The first-order valence-corrected chi connectivity index (χ1v) is 43.9. The molecule has 0 aromatic carbocycles. The van der Waals surface area contributed by atoms with E-state index in [1.54, 1.807) is 0 Å². The highest BCUT2D eigenvalue weighted by Gasteiger charge is 2.30. The van der Waals surface area contributed by atoms with Gasteiger partial charge in [0.15, 0.2) is 12.2 Å². The van der Waals surface area contributed by atoms with Gasteiger partial charge < -0.3 is 33.8 Å². The number of phosphoric acid groups is 2. The second-order valence-corrected chi connectivity index (χ2v) is 32.3. The van der Waals surface area contributed by atoms with Gasteiger partial charge in [-0.1, -0.05) is 357 Å². The zero-order valence-corrected chi connectivity index (χ0v) is 66.0. The lowest BCUT2D eigenvalue weighted by atomic mass is 9.99. The van der Waals surface area contributed by atoms with Crippen LogP contribution in [0.4, 0.5) is 0 Å². The van der Waals surface area contributed by atoms with Crippen LogP contribution in [-0.4, -0.2) is 96.7 Å². The van der Waals surface area contributed by atoms with Crippen molar-refractivity contribution in [2.75, 3.05) is 39.6 Å². The number of aliphatic hydroxyl groups is 1. The average Bonchev–Trinajstić information content (AvgIpc) is 0.991. The van der Waals surface area contributed by atoms with Gasteiger partial charge in [0, 0.05) is 25.7 Å². The fraction of sp³-hybridized carbons (Fsp3) is 0.949. The van der Waals surface area contributed by atoms with Gasteiger partial charge in [0.2, 0.25) is 0 Å². The van der Waals surface area contributed by atoms with E-state index >= 15 is 0 Å². The molecule has 0 fully saturated rings. The van der Waals surface area contributed by atoms with Crippen molar-refractivity contribution in [2.24, 2.45) is 17.8 Å². The SMILES string of the molecule is CCCCCCCCCCCCCCCCCCCCCCCCC(=O)O[C@H](COC(=O)CCCCCCCCCCCCC(C)CC)COP(=O)(O)OC[C@@H](O)COP(=O)(O)OC[C@@H](COC(=O)CCCCCCCCC(C)CC)OC(=O)CCCCCCCCCCCC(C)C. The Bertz CT molecular complexity index is 1910. The predicted octanol–water partition coefficient (Wildman–Crippen LogP) is 23.4. The Balaban J connectivity index is 5.21. The summed E-state index contributed by atoms with van der Waals surface area (Å²) in [7, 11) is -9.92. The largest absolute Gasteiger partial charge is 0.472 e. The maximum absolute atomic E-state index is 13.1. The number of carbonyl (C=O) groups excluding carboxylic acids is 4. The normalized spacial score (nSPS) is 14.6. The highest BCUT2D eigenvalue weighted by atomic mass is 31.2. The summed E-state index contributed by atoms with van der Waals surface area (Å²) in [6, 6.07) is 0. The topological polar surface area (TPSA) is 237 Å². The van der Waals surface area contributed by atoms with Gasteiger partial charge in [-0.15, -0.1) is 0 Å². The lowest BCUT2D eigenvalue weighted by Crippen LogP contribution is -2.30. The molecule has 582 valence electrons. The van der Waals surface area contributed by atoms with Crippen molar-refractivity contribution in [3.05, 3.63) is 0 Å². The van der Waals surface area contributed by atoms with E-state index in [1.807, 2.05) is 0 Å². The van der Waals surface area contributed by atoms with Crippen LogP contribution in [0, 0.1) is 17.8 Å². The monoisotopic (exact) mass is 1440 g/mol. The van der Waals surface area contributed by atoms with Gasteiger partial charge in [0.25, 0.3) is 0 Å². The van der Waals surface area contributed by atoms with Crippen molar-refractivity contribution >= 4 is 39.5 Å². The minimum Gasteiger partial charge on any atom is -0.462 e. The molecule has 4 unspecified atom stereocenters. The average molecular weight is 1440 g/mol. The van der Waals surface area contributed by atoms with Crippen molar-refractivity contribution in [3.63, 3.8) is 0 Å². The first kappa shape index (κ1) is 96.1. The van der Waals surface area contributed by atoms with Crippen LogP contribution in [0.25, 0.3) is 0 Å². The number of hydrogen-bond acceptors (Lipinski definition) is 15. The number of hydrogen-bond donors (Lipinski definition) is 3. The Morgan fingerprint density at radius 1 is 0.296 bits per heavy atom. The molecular weight excluding hydrogens is 1280 g/mol. The summed E-state index contributed by atoms with van der Waals surface area (Å²) in [5.41, 5.74) is 0. The van der Waals surface area contributed by atoms with Crippen molar-refractivity contribution in [2.45, 2.75) is 426 Å². The molecule has 98 heavy (non-hydrogen) atoms. The van der Waals surface area contributed by atoms with Crippen LogP contribution in [0.15, 0.2) is 0 Å². The molecule has 0 bridgehead atoms. The van der Waals surface area contributed by atoms with Gasteiger partial charge in [0.05, 0.1) is 26.4 Å². The second kappa shape index (κ2) is 69.4.